The highest BCUT2D eigenvalue weighted by Crippen LogP contribution is 2.24. The number of hydrogen-bond donors (Lipinski definition) is 2. The second kappa shape index (κ2) is 7.43. The van der Waals surface area contributed by atoms with Gasteiger partial charge < -0.3 is 11.1 Å². The van der Waals surface area contributed by atoms with Crippen molar-refractivity contribution in [3.8, 4) is 0 Å². The molecule has 0 saturated carbocycles. The summed E-state index contributed by atoms with van der Waals surface area (Å²) in [6, 6.07) is 9.84. The molecule has 3 N–H and O–H groups in total. The van der Waals surface area contributed by atoms with Gasteiger partial charge in [0.2, 0.25) is 0 Å². The van der Waals surface area contributed by atoms with E-state index in [1.165, 1.54) is 29.7 Å². The molecule has 0 atom stereocenters. The minimum Gasteiger partial charge on any atom is -0.370 e. The third-order valence-corrected chi connectivity index (χ3v) is 4.20. The molecule has 0 spiro atoms. The lowest BCUT2D eigenvalue weighted by Gasteiger charge is -2.08. The Kier molecular flexibility index (Phi) is 5.08. The first-order valence-corrected chi connectivity index (χ1v) is 8.24. The summed E-state index contributed by atoms with van der Waals surface area (Å²) >= 11 is 0. The molecule has 0 bridgehead atoms. The molecule has 0 fully saturated rings. The van der Waals surface area contributed by atoms with Gasteiger partial charge in [-0.25, -0.2) is 8.78 Å². The molecule has 0 amide bonds. The fourth-order valence-corrected chi connectivity index (χ4v) is 3.07. The molecule has 1 aliphatic rings. The third kappa shape index (κ3) is 4.31. The number of benzene rings is 2. The van der Waals surface area contributed by atoms with Gasteiger partial charge in [0.1, 0.15) is 11.6 Å². The zero-order chi connectivity index (χ0) is 16.9. The highest BCUT2D eigenvalue weighted by atomic mass is 19.1. The SMILES string of the molecule is NC(=NCCCc1cc(F)cc(F)c1)Nc1ccc2c(c1)CCC2. The second-order valence-electron chi connectivity index (χ2n) is 6.11. The molecule has 2 aromatic carbocycles. The van der Waals surface area contributed by atoms with E-state index in [2.05, 4.69) is 22.4 Å². The minimum atomic E-state index is -0.550. The summed E-state index contributed by atoms with van der Waals surface area (Å²) in [6.07, 6.45) is 4.72. The zero-order valence-electron chi connectivity index (χ0n) is 13.5. The van der Waals surface area contributed by atoms with E-state index in [0.29, 0.717) is 30.9 Å². The highest BCUT2D eigenvalue weighted by molar-refractivity contribution is 5.92. The molecule has 126 valence electrons. The number of nitrogens with zero attached hydrogens (tertiary/aromatic N) is 1. The van der Waals surface area contributed by atoms with Crippen molar-refractivity contribution in [3.05, 3.63) is 64.7 Å². The molecule has 3 nitrogen and oxygen atoms in total. The lowest BCUT2D eigenvalue weighted by molar-refractivity contribution is 0.579. The minimum absolute atomic E-state index is 0.360. The average molecular weight is 329 g/mol. The van der Waals surface area contributed by atoms with Crippen LogP contribution in [0, 0.1) is 11.6 Å². The number of nitrogens with one attached hydrogen (secondary N) is 1. The fourth-order valence-electron chi connectivity index (χ4n) is 3.07. The summed E-state index contributed by atoms with van der Waals surface area (Å²) in [5.74, 6) is -0.740. The summed E-state index contributed by atoms with van der Waals surface area (Å²) in [4.78, 5) is 4.27. The van der Waals surface area contributed by atoms with Crippen molar-refractivity contribution in [3.63, 3.8) is 0 Å². The highest BCUT2D eigenvalue weighted by Gasteiger charge is 2.10. The molecule has 2 aromatic rings. The van der Waals surface area contributed by atoms with Crippen LogP contribution in [0.25, 0.3) is 0 Å². The number of aliphatic imine (C=N–C) groups is 1. The van der Waals surface area contributed by atoms with Gasteiger partial charge in [-0.2, -0.15) is 0 Å². The number of nitrogens with two attached hydrogens (primary N) is 1. The van der Waals surface area contributed by atoms with Gasteiger partial charge in [0.25, 0.3) is 0 Å². The summed E-state index contributed by atoms with van der Waals surface area (Å²) in [6.45, 7) is 0.502. The van der Waals surface area contributed by atoms with Crippen LogP contribution in [0.5, 0.6) is 0 Å². The zero-order valence-corrected chi connectivity index (χ0v) is 13.5. The third-order valence-electron chi connectivity index (χ3n) is 4.20. The van der Waals surface area contributed by atoms with Crippen molar-refractivity contribution in [2.75, 3.05) is 11.9 Å². The van der Waals surface area contributed by atoms with E-state index >= 15 is 0 Å². The van der Waals surface area contributed by atoms with E-state index in [1.807, 2.05) is 6.07 Å². The van der Waals surface area contributed by atoms with E-state index in [0.717, 1.165) is 24.6 Å². The summed E-state index contributed by atoms with van der Waals surface area (Å²) in [5, 5.41) is 3.10. The number of guanidine groups is 1. The molecule has 0 aromatic heterocycles. The lowest BCUT2D eigenvalue weighted by Crippen LogP contribution is -2.23. The molecule has 0 unspecified atom stereocenters. The van der Waals surface area contributed by atoms with Crippen molar-refractivity contribution in [2.24, 2.45) is 10.7 Å². The predicted octanol–water partition coefficient (Wildman–Crippen LogP) is 3.81. The summed E-state index contributed by atoms with van der Waals surface area (Å²) in [7, 11) is 0. The van der Waals surface area contributed by atoms with Crippen molar-refractivity contribution < 1.29 is 8.78 Å². The van der Waals surface area contributed by atoms with Crippen LogP contribution < -0.4 is 11.1 Å². The lowest BCUT2D eigenvalue weighted by atomic mass is 10.1. The maximum Gasteiger partial charge on any atom is 0.193 e. The van der Waals surface area contributed by atoms with Gasteiger partial charge in [0, 0.05) is 18.3 Å². The molecule has 0 aliphatic heterocycles. The van der Waals surface area contributed by atoms with E-state index in [-0.39, 0.29) is 0 Å². The molecular formula is C19H21F2N3. The Bertz CT molecular complexity index is 736. The largest absolute Gasteiger partial charge is 0.370 e. The molecule has 1 aliphatic carbocycles. The maximum atomic E-state index is 13.1. The summed E-state index contributed by atoms with van der Waals surface area (Å²) in [5.41, 5.74) is 10.3. The van der Waals surface area contributed by atoms with Crippen molar-refractivity contribution in [1.29, 1.82) is 0 Å². The van der Waals surface area contributed by atoms with E-state index < -0.39 is 11.6 Å². The number of aryl methyl sites for hydroxylation is 3. The standard InChI is InChI=1S/C19H21F2N3/c20-16-9-13(10-17(21)12-16)3-2-8-23-19(22)24-18-7-6-14-4-1-5-15(14)11-18/h6-7,9-12H,1-5,8H2,(H3,22,23,24). The van der Waals surface area contributed by atoms with Crippen LogP contribution in [-0.4, -0.2) is 12.5 Å². The molecular weight excluding hydrogens is 308 g/mol. The van der Waals surface area contributed by atoms with Gasteiger partial charge in [-0.3, -0.25) is 4.99 Å². The first-order valence-electron chi connectivity index (χ1n) is 8.24. The van der Waals surface area contributed by atoms with E-state index in [1.54, 1.807) is 0 Å². The van der Waals surface area contributed by atoms with Gasteiger partial charge in [0.05, 0.1) is 0 Å². The number of halogens is 2. The van der Waals surface area contributed by atoms with Gasteiger partial charge in [-0.05, 0) is 73.1 Å². The quantitative estimate of drug-likeness (QED) is 0.498. The van der Waals surface area contributed by atoms with Crippen LogP contribution in [0.4, 0.5) is 14.5 Å². The average Bonchev–Trinajstić information content (AvgIpc) is 2.98. The Morgan fingerprint density at radius 3 is 2.58 bits per heavy atom. The van der Waals surface area contributed by atoms with Crippen LogP contribution in [0.2, 0.25) is 0 Å². The molecule has 0 heterocycles. The van der Waals surface area contributed by atoms with Gasteiger partial charge in [0.15, 0.2) is 5.96 Å². The molecule has 5 heteroatoms. The molecule has 0 saturated heterocycles. The molecule has 24 heavy (non-hydrogen) atoms. The molecule has 0 radical (unpaired) electrons. The van der Waals surface area contributed by atoms with Crippen molar-refractivity contribution >= 4 is 11.6 Å². The van der Waals surface area contributed by atoms with Gasteiger partial charge in [-0.1, -0.05) is 6.07 Å². The van der Waals surface area contributed by atoms with Gasteiger partial charge >= 0.3 is 0 Å². The maximum absolute atomic E-state index is 13.1. The van der Waals surface area contributed by atoms with Crippen LogP contribution in [-0.2, 0) is 19.3 Å². The Balaban J connectivity index is 1.49. The number of hydrogen-bond acceptors (Lipinski definition) is 1. The van der Waals surface area contributed by atoms with E-state index in [4.69, 9.17) is 5.73 Å². The topological polar surface area (TPSA) is 50.4 Å². The normalized spacial score (nSPS) is 13.8. The Morgan fingerprint density at radius 1 is 1.04 bits per heavy atom. The van der Waals surface area contributed by atoms with Crippen molar-refractivity contribution in [1.82, 2.24) is 0 Å². The Labute approximate surface area is 140 Å². The number of anilines is 1. The van der Waals surface area contributed by atoms with E-state index in [9.17, 15) is 8.78 Å². The summed E-state index contributed by atoms with van der Waals surface area (Å²) < 4.78 is 26.2. The van der Waals surface area contributed by atoms with Crippen LogP contribution in [0.15, 0.2) is 41.4 Å². The van der Waals surface area contributed by atoms with Crippen LogP contribution >= 0.6 is 0 Å². The number of rotatable bonds is 5. The Hall–Kier alpha value is -2.43. The predicted molar refractivity (Wildman–Crippen MR) is 93.3 cm³/mol. The second-order valence-corrected chi connectivity index (χ2v) is 6.11. The van der Waals surface area contributed by atoms with Crippen LogP contribution in [0.3, 0.4) is 0 Å². The smallest absolute Gasteiger partial charge is 0.193 e. The van der Waals surface area contributed by atoms with Crippen LogP contribution in [0.1, 0.15) is 29.5 Å². The van der Waals surface area contributed by atoms with Gasteiger partial charge in [-0.15, -0.1) is 0 Å². The first-order chi connectivity index (χ1) is 11.6. The first kappa shape index (κ1) is 16.4. The number of fused-ring (bicyclic) bond motifs is 1. The Morgan fingerprint density at radius 2 is 1.79 bits per heavy atom. The van der Waals surface area contributed by atoms with Crippen molar-refractivity contribution in [2.45, 2.75) is 32.1 Å². The molecule has 3 rings (SSSR count). The monoisotopic (exact) mass is 329 g/mol. The fraction of sp³-hybridized carbons (Fsp3) is 0.316.